The van der Waals surface area contributed by atoms with Gasteiger partial charge in [-0.25, -0.2) is 0 Å². The molecule has 2 aromatic carbocycles. The van der Waals surface area contributed by atoms with Crippen LogP contribution in [0.3, 0.4) is 0 Å². The van der Waals surface area contributed by atoms with Crippen molar-refractivity contribution in [3.05, 3.63) is 61.6 Å². The lowest BCUT2D eigenvalue weighted by molar-refractivity contribution is -0.385. The number of hydrogen-bond donors (Lipinski definition) is 1. The Labute approximate surface area is 134 Å². The van der Waals surface area contributed by atoms with Crippen molar-refractivity contribution >= 4 is 33.2 Å². The average Bonchev–Trinajstić information content (AvgIpc) is 2.40. The van der Waals surface area contributed by atoms with Crippen LogP contribution in [0.4, 0.5) is 5.69 Å². The maximum atomic E-state index is 11.1. The summed E-state index contributed by atoms with van der Waals surface area (Å²) in [4.78, 5) is 10.5. The Kier molecular flexibility index (Phi) is 4.82. The molecule has 2 aromatic rings. The first-order valence-electron chi connectivity index (χ1n) is 6.06. The minimum atomic E-state index is -0.537. The van der Waals surface area contributed by atoms with Crippen molar-refractivity contribution < 1.29 is 9.66 Å². The third-order valence-electron chi connectivity index (χ3n) is 2.82. The van der Waals surface area contributed by atoms with E-state index in [0.29, 0.717) is 5.75 Å². The van der Waals surface area contributed by atoms with Crippen LogP contribution in [-0.2, 0) is 0 Å². The lowest BCUT2D eigenvalue weighted by Crippen LogP contribution is -2.07. The fraction of sp³-hybridized carbons (Fsp3) is 0.143. The zero-order valence-corrected chi connectivity index (χ0v) is 13.4. The molecule has 0 aliphatic heterocycles. The van der Waals surface area contributed by atoms with Gasteiger partial charge in [-0.1, -0.05) is 39.7 Å². The first-order chi connectivity index (χ1) is 9.90. The number of nitrogens with two attached hydrogens (primary N) is 1. The maximum Gasteiger partial charge on any atom is 0.313 e. The number of nitro benzene ring substituents is 1. The fourth-order valence-electron chi connectivity index (χ4n) is 1.82. The van der Waals surface area contributed by atoms with Crippen molar-refractivity contribution in [2.75, 3.05) is 0 Å². The molecular weight excluding hydrogens is 360 g/mol. The molecule has 0 aromatic heterocycles. The number of nitro groups is 1. The highest BCUT2D eigenvalue weighted by molar-refractivity contribution is 9.10. The Morgan fingerprint density at radius 2 is 2.10 bits per heavy atom. The van der Waals surface area contributed by atoms with Gasteiger partial charge in [0.15, 0.2) is 0 Å². The monoisotopic (exact) mass is 370 g/mol. The van der Waals surface area contributed by atoms with E-state index in [2.05, 4.69) is 15.9 Å². The zero-order chi connectivity index (χ0) is 15.6. The minimum absolute atomic E-state index is 0.00386. The van der Waals surface area contributed by atoms with Crippen LogP contribution in [0.2, 0.25) is 5.02 Å². The fourth-order valence-corrected chi connectivity index (χ4v) is 2.37. The molecular formula is C14H12BrClN2O3. The largest absolute Gasteiger partial charge is 0.448 e. The van der Waals surface area contributed by atoms with Crippen LogP contribution in [0, 0.1) is 10.1 Å². The molecule has 0 saturated carbocycles. The van der Waals surface area contributed by atoms with E-state index in [4.69, 9.17) is 22.1 Å². The van der Waals surface area contributed by atoms with Crippen molar-refractivity contribution in [3.8, 4) is 11.5 Å². The Balaban J connectivity index is 2.53. The summed E-state index contributed by atoms with van der Waals surface area (Å²) in [5.41, 5.74) is 6.42. The zero-order valence-electron chi connectivity index (χ0n) is 11.0. The van der Waals surface area contributed by atoms with Crippen molar-refractivity contribution in [2.45, 2.75) is 13.0 Å². The summed E-state index contributed by atoms with van der Waals surface area (Å²) in [5, 5.41) is 11.2. The molecule has 21 heavy (non-hydrogen) atoms. The van der Waals surface area contributed by atoms with Crippen LogP contribution >= 0.6 is 27.5 Å². The van der Waals surface area contributed by atoms with E-state index >= 15 is 0 Å². The molecule has 0 spiro atoms. The number of hydrogen-bond acceptors (Lipinski definition) is 4. The first kappa shape index (κ1) is 15.8. The highest BCUT2D eigenvalue weighted by Gasteiger charge is 2.21. The molecule has 0 radical (unpaired) electrons. The topological polar surface area (TPSA) is 78.4 Å². The smallest absolute Gasteiger partial charge is 0.313 e. The summed E-state index contributed by atoms with van der Waals surface area (Å²) in [6.45, 7) is 1.80. The van der Waals surface area contributed by atoms with Crippen molar-refractivity contribution in [3.63, 3.8) is 0 Å². The molecule has 7 heteroatoms. The predicted molar refractivity (Wildman–Crippen MR) is 84.9 cm³/mol. The number of benzene rings is 2. The van der Waals surface area contributed by atoms with Gasteiger partial charge in [0.2, 0.25) is 5.75 Å². The van der Waals surface area contributed by atoms with Gasteiger partial charge < -0.3 is 10.5 Å². The van der Waals surface area contributed by atoms with Gasteiger partial charge in [0.1, 0.15) is 5.75 Å². The van der Waals surface area contributed by atoms with E-state index in [-0.39, 0.29) is 22.5 Å². The number of ether oxygens (including phenoxy) is 1. The average molecular weight is 372 g/mol. The summed E-state index contributed by atoms with van der Waals surface area (Å²) in [5.74, 6) is 0.430. The van der Waals surface area contributed by atoms with Crippen LogP contribution in [0.5, 0.6) is 11.5 Å². The van der Waals surface area contributed by atoms with Gasteiger partial charge >= 0.3 is 5.69 Å². The van der Waals surface area contributed by atoms with E-state index in [0.717, 1.165) is 10.0 Å². The molecule has 0 aliphatic rings. The highest BCUT2D eigenvalue weighted by atomic mass is 79.9. The van der Waals surface area contributed by atoms with E-state index < -0.39 is 4.92 Å². The lowest BCUT2D eigenvalue weighted by atomic mass is 10.1. The van der Waals surface area contributed by atoms with E-state index in [9.17, 15) is 10.1 Å². The normalized spacial score (nSPS) is 12.0. The van der Waals surface area contributed by atoms with Crippen molar-refractivity contribution in [1.82, 2.24) is 0 Å². The molecule has 1 atom stereocenters. The third-order valence-corrected chi connectivity index (χ3v) is 3.61. The maximum absolute atomic E-state index is 11.1. The van der Waals surface area contributed by atoms with E-state index in [1.165, 1.54) is 18.2 Å². The first-order valence-corrected chi connectivity index (χ1v) is 7.23. The number of halogens is 2. The van der Waals surface area contributed by atoms with Crippen LogP contribution in [0.15, 0.2) is 40.9 Å². The van der Waals surface area contributed by atoms with Gasteiger partial charge in [-0.15, -0.1) is 0 Å². The third kappa shape index (κ3) is 3.53. The Morgan fingerprint density at radius 3 is 2.71 bits per heavy atom. The molecule has 110 valence electrons. The molecule has 0 heterocycles. The van der Waals surface area contributed by atoms with Crippen LogP contribution < -0.4 is 10.5 Å². The van der Waals surface area contributed by atoms with Crippen LogP contribution in [0.1, 0.15) is 18.5 Å². The van der Waals surface area contributed by atoms with Gasteiger partial charge in [0, 0.05) is 22.1 Å². The summed E-state index contributed by atoms with van der Waals surface area (Å²) < 4.78 is 6.47. The SMILES string of the molecule is CC(N)c1ccc(Br)cc1Oc1c(Cl)cccc1[N+](=O)[O-]. The number of nitrogens with zero attached hydrogens (tertiary/aromatic N) is 1. The van der Waals surface area contributed by atoms with Crippen molar-refractivity contribution in [2.24, 2.45) is 5.73 Å². The molecule has 0 amide bonds. The molecule has 2 rings (SSSR count). The Bertz CT molecular complexity index is 692. The molecule has 0 bridgehead atoms. The second kappa shape index (κ2) is 6.43. The van der Waals surface area contributed by atoms with Crippen molar-refractivity contribution in [1.29, 1.82) is 0 Å². The summed E-state index contributed by atoms with van der Waals surface area (Å²) >= 11 is 9.36. The Hall–Kier alpha value is -1.63. The number of rotatable bonds is 4. The standard InChI is InChI=1S/C14H12BrClN2O3/c1-8(17)10-6-5-9(15)7-13(10)21-14-11(16)3-2-4-12(14)18(19)20/h2-8H,17H2,1H3. The van der Waals surface area contributed by atoms with Gasteiger partial charge in [-0.05, 0) is 25.1 Å². The summed E-state index contributed by atoms with van der Waals surface area (Å²) in [6.07, 6.45) is 0. The van der Waals surface area contributed by atoms with Gasteiger partial charge in [-0.3, -0.25) is 10.1 Å². The van der Waals surface area contributed by atoms with Gasteiger partial charge in [-0.2, -0.15) is 0 Å². The number of para-hydroxylation sites is 1. The Morgan fingerprint density at radius 1 is 1.38 bits per heavy atom. The summed E-state index contributed by atoms with van der Waals surface area (Å²) in [7, 11) is 0. The molecule has 2 N–H and O–H groups in total. The molecule has 5 nitrogen and oxygen atoms in total. The van der Waals surface area contributed by atoms with Crippen LogP contribution in [-0.4, -0.2) is 4.92 Å². The minimum Gasteiger partial charge on any atom is -0.448 e. The molecule has 0 saturated heterocycles. The summed E-state index contributed by atoms with van der Waals surface area (Å²) in [6, 6.07) is 9.42. The molecule has 1 unspecified atom stereocenters. The second-order valence-electron chi connectivity index (χ2n) is 4.42. The second-order valence-corrected chi connectivity index (χ2v) is 5.74. The van der Waals surface area contributed by atoms with Crippen LogP contribution in [0.25, 0.3) is 0 Å². The lowest BCUT2D eigenvalue weighted by Gasteiger charge is -2.15. The highest BCUT2D eigenvalue weighted by Crippen LogP contribution is 2.40. The molecule has 0 aliphatic carbocycles. The van der Waals surface area contributed by atoms with Gasteiger partial charge in [0.05, 0.1) is 9.95 Å². The van der Waals surface area contributed by atoms with E-state index in [1.807, 2.05) is 6.07 Å². The molecule has 0 fully saturated rings. The van der Waals surface area contributed by atoms with E-state index in [1.54, 1.807) is 19.1 Å². The predicted octanol–water partition coefficient (Wildman–Crippen LogP) is 4.82. The quantitative estimate of drug-likeness (QED) is 0.617. The van der Waals surface area contributed by atoms with Gasteiger partial charge in [0.25, 0.3) is 0 Å².